The van der Waals surface area contributed by atoms with E-state index in [0.29, 0.717) is 0 Å². The number of aromatic nitrogens is 2. The zero-order valence-corrected chi connectivity index (χ0v) is 9.60. The Kier molecular flexibility index (Phi) is 4.34. The summed E-state index contributed by atoms with van der Waals surface area (Å²) in [5, 5.41) is 7.06. The summed E-state index contributed by atoms with van der Waals surface area (Å²) in [6.07, 6.45) is 5.42. The normalized spacial score (nSPS) is 12.8. The Morgan fingerprint density at radius 2 is 2.13 bits per heavy atom. The van der Waals surface area contributed by atoms with Gasteiger partial charge in [-0.3, -0.25) is 9.48 Å². The van der Waals surface area contributed by atoms with E-state index in [0.717, 1.165) is 12.8 Å². The van der Waals surface area contributed by atoms with Crippen molar-refractivity contribution in [2.75, 3.05) is 0 Å². The molecule has 4 nitrogen and oxygen atoms in total. The molecule has 4 heteroatoms. The maximum atomic E-state index is 11.8. The van der Waals surface area contributed by atoms with Crippen molar-refractivity contribution in [3.63, 3.8) is 0 Å². The molecular weight excluding hydrogens is 190 g/mol. The van der Waals surface area contributed by atoms with Gasteiger partial charge in [-0.05, 0) is 25.8 Å². The van der Waals surface area contributed by atoms with Gasteiger partial charge in [0.1, 0.15) is 6.04 Å². The minimum Gasteiger partial charge on any atom is -0.352 e. The molecule has 1 amide bonds. The number of hydrogen-bond donors (Lipinski definition) is 1. The number of rotatable bonds is 5. The van der Waals surface area contributed by atoms with Gasteiger partial charge in [0.15, 0.2) is 0 Å². The summed E-state index contributed by atoms with van der Waals surface area (Å²) in [5.74, 6) is 0.0346. The molecule has 0 fully saturated rings. The van der Waals surface area contributed by atoms with Crippen molar-refractivity contribution >= 4 is 5.91 Å². The van der Waals surface area contributed by atoms with Crippen LogP contribution in [-0.2, 0) is 4.79 Å². The van der Waals surface area contributed by atoms with E-state index in [1.165, 1.54) is 0 Å². The molecule has 0 aliphatic heterocycles. The Labute approximate surface area is 90.7 Å². The molecule has 15 heavy (non-hydrogen) atoms. The fraction of sp³-hybridized carbons (Fsp3) is 0.636. The average molecular weight is 209 g/mol. The third-order valence-electron chi connectivity index (χ3n) is 2.63. The van der Waals surface area contributed by atoms with Crippen molar-refractivity contribution in [3.8, 4) is 0 Å². The highest BCUT2D eigenvalue weighted by molar-refractivity contribution is 5.80. The Bertz CT molecular complexity index is 291. The van der Waals surface area contributed by atoms with Gasteiger partial charge >= 0.3 is 0 Å². The SMILES string of the molecule is CCC(CC)NC(=O)C(C)n1cccn1. The van der Waals surface area contributed by atoms with E-state index in [1.54, 1.807) is 17.1 Å². The molecule has 0 radical (unpaired) electrons. The van der Waals surface area contributed by atoms with Gasteiger partial charge < -0.3 is 5.32 Å². The number of amides is 1. The smallest absolute Gasteiger partial charge is 0.244 e. The van der Waals surface area contributed by atoms with E-state index in [2.05, 4.69) is 24.3 Å². The molecule has 0 aromatic carbocycles. The number of hydrogen-bond acceptors (Lipinski definition) is 2. The van der Waals surface area contributed by atoms with Gasteiger partial charge in [0.25, 0.3) is 0 Å². The van der Waals surface area contributed by atoms with Gasteiger partial charge in [-0.15, -0.1) is 0 Å². The molecule has 0 saturated heterocycles. The van der Waals surface area contributed by atoms with E-state index in [4.69, 9.17) is 0 Å². The Balaban J connectivity index is 2.53. The van der Waals surface area contributed by atoms with Crippen LogP contribution in [0, 0.1) is 0 Å². The Hall–Kier alpha value is -1.32. The number of nitrogens with zero attached hydrogens (tertiary/aromatic N) is 2. The van der Waals surface area contributed by atoms with Crippen molar-refractivity contribution in [1.82, 2.24) is 15.1 Å². The third kappa shape index (κ3) is 3.08. The highest BCUT2D eigenvalue weighted by atomic mass is 16.2. The Morgan fingerprint density at radius 1 is 1.47 bits per heavy atom. The van der Waals surface area contributed by atoms with Crippen LogP contribution < -0.4 is 5.32 Å². The molecule has 1 N–H and O–H groups in total. The third-order valence-corrected chi connectivity index (χ3v) is 2.63. The second kappa shape index (κ2) is 5.53. The van der Waals surface area contributed by atoms with Crippen LogP contribution in [0.4, 0.5) is 0 Å². The predicted molar refractivity (Wildman–Crippen MR) is 59.5 cm³/mol. The van der Waals surface area contributed by atoms with Crippen LogP contribution in [0.2, 0.25) is 0 Å². The summed E-state index contributed by atoms with van der Waals surface area (Å²) in [5.41, 5.74) is 0. The van der Waals surface area contributed by atoms with Crippen molar-refractivity contribution in [2.24, 2.45) is 0 Å². The first-order valence-corrected chi connectivity index (χ1v) is 5.48. The van der Waals surface area contributed by atoms with Crippen LogP contribution in [0.15, 0.2) is 18.5 Å². The lowest BCUT2D eigenvalue weighted by Crippen LogP contribution is -2.38. The summed E-state index contributed by atoms with van der Waals surface area (Å²) in [4.78, 5) is 11.8. The summed E-state index contributed by atoms with van der Waals surface area (Å²) in [6.45, 7) is 6.00. The lowest BCUT2D eigenvalue weighted by Gasteiger charge is -2.18. The lowest BCUT2D eigenvalue weighted by atomic mass is 10.1. The van der Waals surface area contributed by atoms with E-state index in [1.807, 2.05) is 13.0 Å². The fourth-order valence-electron chi connectivity index (χ4n) is 1.44. The molecular formula is C11H19N3O. The first-order chi connectivity index (χ1) is 7.19. The molecule has 1 heterocycles. The second-order valence-electron chi connectivity index (χ2n) is 3.68. The number of carbonyl (C=O) groups excluding carboxylic acids is 1. The highest BCUT2D eigenvalue weighted by Crippen LogP contribution is 2.05. The van der Waals surface area contributed by atoms with E-state index in [9.17, 15) is 4.79 Å². The molecule has 0 saturated carbocycles. The summed E-state index contributed by atoms with van der Waals surface area (Å²) in [6, 6.07) is 1.86. The van der Waals surface area contributed by atoms with E-state index in [-0.39, 0.29) is 18.0 Å². The molecule has 0 bridgehead atoms. The summed E-state index contributed by atoms with van der Waals surface area (Å²) >= 11 is 0. The van der Waals surface area contributed by atoms with Crippen LogP contribution in [0.25, 0.3) is 0 Å². The van der Waals surface area contributed by atoms with Crippen molar-refractivity contribution in [2.45, 2.75) is 45.7 Å². The van der Waals surface area contributed by atoms with Crippen LogP contribution >= 0.6 is 0 Å². The molecule has 1 aromatic heterocycles. The van der Waals surface area contributed by atoms with Crippen molar-refractivity contribution in [1.29, 1.82) is 0 Å². The van der Waals surface area contributed by atoms with Gasteiger partial charge in [0, 0.05) is 18.4 Å². The monoisotopic (exact) mass is 209 g/mol. The topological polar surface area (TPSA) is 46.9 Å². The van der Waals surface area contributed by atoms with E-state index < -0.39 is 0 Å². The first-order valence-electron chi connectivity index (χ1n) is 5.48. The molecule has 1 rings (SSSR count). The van der Waals surface area contributed by atoms with Gasteiger partial charge in [0.05, 0.1) is 0 Å². The molecule has 0 aliphatic carbocycles. The second-order valence-corrected chi connectivity index (χ2v) is 3.68. The van der Waals surface area contributed by atoms with Crippen LogP contribution in [0.5, 0.6) is 0 Å². The zero-order valence-electron chi connectivity index (χ0n) is 9.60. The maximum absolute atomic E-state index is 11.8. The highest BCUT2D eigenvalue weighted by Gasteiger charge is 2.16. The average Bonchev–Trinajstić information content (AvgIpc) is 2.77. The van der Waals surface area contributed by atoms with Gasteiger partial charge in [-0.25, -0.2) is 0 Å². The predicted octanol–water partition coefficient (Wildman–Crippen LogP) is 1.75. The molecule has 0 spiro atoms. The van der Waals surface area contributed by atoms with E-state index >= 15 is 0 Å². The Morgan fingerprint density at radius 3 is 2.60 bits per heavy atom. The summed E-state index contributed by atoms with van der Waals surface area (Å²) < 4.78 is 1.66. The molecule has 1 unspecified atom stereocenters. The lowest BCUT2D eigenvalue weighted by molar-refractivity contribution is -0.124. The van der Waals surface area contributed by atoms with Crippen molar-refractivity contribution in [3.05, 3.63) is 18.5 Å². The standard InChI is InChI=1S/C11H19N3O/c1-4-10(5-2)13-11(15)9(3)14-8-6-7-12-14/h6-10H,4-5H2,1-3H3,(H,13,15). The van der Waals surface area contributed by atoms with Crippen LogP contribution in [-0.4, -0.2) is 21.7 Å². The molecule has 0 aliphatic rings. The minimum absolute atomic E-state index is 0.0346. The van der Waals surface area contributed by atoms with Crippen LogP contribution in [0.1, 0.15) is 39.7 Å². The van der Waals surface area contributed by atoms with Crippen LogP contribution in [0.3, 0.4) is 0 Å². The summed E-state index contributed by atoms with van der Waals surface area (Å²) in [7, 11) is 0. The van der Waals surface area contributed by atoms with Gasteiger partial charge in [-0.1, -0.05) is 13.8 Å². The molecule has 1 aromatic rings. The number of nitrogens with one attached hydrogen (secondary N) is 1. The van der Waals surface area contributed by atoms with Crippen molar-refractivity contribution < 1.29 is 4.79 Å². The number of carbonyl (C=O) groups is 1. The first kappa shape index (κ1) is 11.8. The largest absolute Gasteiger partial charge is 0.352 e. The molecule has 84 valence electrons. The van der Waals surface area contributed by atoms with Gasteiger partial charge in [-0.2, -0.15) is 5.10 Å². The quantitative estimate of drug-likeness (QED) is 0.803. The maximum Gasteiger partial charge on any atom is 0.244 e. The zero-order chi connectivity index (χ0) is 11.3. The van der Waals surface area contributed by atoms with Gasteiger partial charge in [0.2, 0.25) is 5.91 Å². The minimum atomic E-state index is -0.236. The molecule has 1 atom stereocenters. The fourth-order valence-corrected chi connectivity index (χ4v) is 1.44.